The monoisotopic (exact) mass is 1860 g/mol. The quantitative estimate of drug-likeness (QED) is 0.0713. The number of benzene rings is 3. The number of carbonyl (C=O) groups is 5. The number of aromatic nitrogens is 10. The van der Waals surface area contributed by atoms with Crippen molar-refractivity contribution in [3.8, 4) is 70.4 Å². The van der Waals surface area contributed by atoms with Gasteiger partial charge in [-0.15, -0.1) is 0 Å². The maximum atomic E-state index is 14.2. The Balaban J connectivity index is 0.000000152. The number of hydrogen-bond acceptors (Lipinski definition) is 19. The zero-order valence-electron chi connectivity index (χ0n) is 76.6. The predicted octanol–water partition coefficient (Wildman–Crippen LogP) is 13.7. The lowest BCUT2D eigenvalue weighted by Gasteiger charge is -2.34. The summed E-state index contributed by atoms with van der Waals surface area (Å²) < 4.78 is 109. The molecule has 694 valence electrons. The molecule has 0 unspecified atom stereocenters. The minimum atomic E-state index is -3.44. The number of nitrogens with one attached hydrogen (secondary N) is 1. The highest BCUT2D eigenvalue weighted by atomic mass is 32.2. The molecule has 16 rings (SSSR count). The smallest absolute Gasteiger partial charge is 0.255 e. The number of piperidine rings is 4. The fraction of sp³-hybridized carbons (Fsp3) is 0.370. The van der Waals surface area contributed by atoms with E-state index in [1.165, 1.54) is 12.4 Å². The van der Waals surface area contributed by atoms with E-state index >= 15 is 0 Å². The average molecular weight is 1860 g/mol. The molecule has 3 aromatic carbocycles. The van der Waals surface area contributed by atoms with E-state index in [-0.39, 0.29) is 29.5 Å². The lowest BCUT2D eigenvalue weighted by atomic mass is 9.95. The first-order chi connectivity index (χ1) is 63.1. The molecular formula is C100H104F4N18O10S2. The van der Waals surface area contributed by atoms with Crippen molar-refractivity contribution < 1.29 is 63.5 Å². The highest BCUT2D eigenvalue weighted by Crippen LogP contribution is 2.35. The second kappa shape index (κ2) is 39.1. The molecule has 4 fully saturated rings. The molecule has 5 amide bonds. The summed E-state index contributed by atoms with van der Waals surface area (Å²) in [4.78, 5) is 97.6. The number of amides is 5. The van der Waals surface area contributed by atoms with Crippen LogP contribution in [0.1, 0.15) is 201 Å². The van der Waals surface area contributed by atoms with Gasteiger partial charge in [0.05, 0.1) is 63.1 Å². The number of pyridine rings is 5. The van der Waals surface area contributed by atoms with Gasteiger partial charge in [0.25, 0.3) is 29.5 Å². The molecule has 0 bridgehead atoms. The van der Waals surface area contributed by atoms with Crippen LogP contribution < -0.4 is 11.1 Å². The van der Waals surface area contributed by atoms with E-state index in [9.17, 15) is 63.5 Å². The van der Waals surface area contributed by atoms with Crippen molar-refractivity contribution in [2.45, 2.75) is 158 Å². The van der Waals surface area contributed by atoms with Crippen molar-refractivity contribution >= 4 is 93.5 Å². The Hall–Kier alpha value is -14.0. The molecule has 0 atom stereocenters. The number of carbonyl (C=O) groups excluding carboxylic acids is 5. The van der Waals surface area contributed by atoms with Gasteiger partial charge in [0, 0.05) is 154 Å². The third-order valence-electron chi connectivity index (χ3n) is 24.2. The number of hydrogen-bond donors (Lipinski definition) is 3. The van der Waals surface area contributed by atoms with Crippen molar-refractivity contribution in [2.24, 2.45) is 5.73 Å². The number of sulfone groups is 2. The molecule has 34 heteroatoms. The largest absolute Gasteiger partial charge is 0.378 e. The Morgan fingerprint density at radius 2 is 0.843 bits per heavy atom. The molecule has 4 saturated heterocycles. The number of fused-ring (bicyclic) bond motifs is 4. The number of alkyl halides is 4. The Labute approximate surface area is 775 Å². The van der Waals surface area contributed by atoms with Crippen LogP contribution in [0.15, 0.2) is 171 Å². The van der Waals surface area contributed by atoms with Gasteiger partial charge in [0.1, 0.15) is 65.9 Å². The van der Waals surface area contributed by atoms with Gasteiger partial charge in [-0.05, 0) is 260 Å². The molecule has 4 aliphatic heterocycles. The lowest BCUT2D eigenvalue weighted by Crippen LogP contribution is -2.43. The fourth-order valence-corrected chi connectivity index (χ4v) is 15.5. The third-order valence-corrected chi connectivity index (χ3v) is 28.1. The van der Waals surface area contributed by atoms with Gasteiger partial charge in [-0.25, -0.2) is 64.3 Å². The molecule has 0 spiro atoms. The molecule has 0 aliphatic carbocycles. The maximum Gasteiger partial charge on any atom is 0.255 e. The van der Waals surface area contributed by atoms with Crippen LogP contribution in [-0.4, -0.2) is 235 Å². The summed E-state index contributed by atoms with van der Waals surface area (Å²) in [5.41, 5.74) is 9.32. The maximum absolute atomic E-state index is 14.2. The second-order valence-corrected chi connectivity index (χ2v) is 41.6. The highest BCUT2D eigenvalue weighted by Gasteiger charge is 2.38. The molecule has 12 aromatic rings. The van der Waals surface area contributed by atoms with E-state index < -0.39 is 57.4 Å². The Kier molecular flexibility index (Phi) is 28.5. The normalized spacial score (nSPS) is 15.8. The van der Waals surface area contributed by atoms with Gasteiger partial charge >= 0.3 is 0 Å². The lowest BCUT2D eigenvalue weighted by molar-refractivity contribution is 0.0493. The van der Waals surface area contributed by atoms with Crippen molar-refractivity contribution in [1.29, 1.82) is 10.5 Å². The number of nitrogens with zero attached hydrogens (tertiary/aromatic N) is 16. The van der Waals surface area contributed by atoms with E-state index in [1.54, 1.807) is 208 Å². The van der Waals surface area contributed by atoms with E-state index in [1.807, 2.05) is 57.9 Å². The van der Waals surface area contributed by atoms with Crippen LogP contribution in [0, 0.1) is 58.2 Å². The number of aliphatic hydroxyl groups is 1. The average Bonchev–Trinajstić information content (AvgIpc) is 1.62. The summed E-state index contributed by atoms with van der Waals surface area (Å²) in [5, 5.41) is 33.3. The minimum absolute atomic E-state index is 0.128. The zero-order valence-corrected chi connectivity index (χ0v) is 78.2. The standard InChI is InChI=1S/C27H27FN4O3S.C25H24FN5O2.C25H27FN4O3S.C23H26FN5O2/c1-26(2,36(4,34)35)10-9-23-16-20-15-21(25(33)31-13-11-27(3,28)12-14-31)18-30-24(20)32(23)22-7-5-19(17-29)6-8-22;1-24(2,33)9-8-21-29-20-14-18(23(32)30-12-10-25(3,26)11-13-30)16-28-22(20)31(21)19-6-4-17(15-27)5-7-19;1-24(2,34(4,32)33)9-7-20-5-6-21(17-27-20)30-12-8-18-15-19(16-28-22(18)30)23(31)29-13-10-25(3,26)11-14-29;1-23(24)6-11-28(12-7-23)22(31)18-13-16-5-10-29(20(16)27-15-18)19-4-2-3-17(14-19)21(30)26-9-8-25/h5-8,15-16,18H,11-14H2,1-4H3;4-7,14,16,33H,10-13H2,1-3H3;5-6,8,12,15-17H,10-11,13-14H2,1-4H3;2-5,10,13-15H,6-9,11-12,25H2,1H3,(H,26,30). The number of imidazole rings is 1. The van der Waals surface area contributed by atoms with Crippen LogP contribution in [0.25, 0.3) is 67.0 Å². The van der Waals surface area contributed by atoms with Crippen LogP contribution >= 0.6 is 0 Å². The van der Waals surface area contributed by atoms with Gasteiger partial charge in [0.15, 0.2) is 31.1 Å². The molecule has 13 heterocycles. The molecule has 4 aliphatic rings. The summed E-state index contributed by atoms with van der Waals surface area (Å²) >= 11 is 0. The first-order valence-electron chi connectivity index (χ1n) is 43.7. The van der Waals surface area contributed by atoms with Crippen LogP contribution in [0.5, 0.6) is 0 Å². The topological polar surface area (TPSA) is 370 Å². The van der Waals surface area contributed by atoms with Crippen LogP contribution in [0.2, 0.25) is 0 Å². The van der Waals surface area contributed by atoms with Gasteiger partial charge in [-0.1, -0.05) is 23.8 Å². The Morgan fingerprint density at radius 1 is 0.448 bits per heavy atom. The molecular weight excluding hydrogens is 1750 g/mol. The molecule has 9 aromatic heterocycles. The van der Waals surface area contributed by atoms with Crippen LogP contribution in [0.4, 0.5) is 17.6 Å². The molecule has 0 saturated carbocycles. The van der Waals surface area contributed by atoms with Gasteiger partial charge in [-0.3, -0.25) is 37.7 Å². The summed E-state index contributed by atoms with van der Waals surface area (Å²) in [6.07, 6.45) is 16.3. The number of rotatable bonds is 13. The predicted molar refractivity (Wildman–Crippen MR) is 504 cm³/mol. The fourth-order valence-electron chi connectivity index (χ4n) is 15.0. The molecule has 134 heavy (non-hydrogen) atoms. The van der Waals surface area contributed by atoms with Crippen LogP contribution in [0.3, 0.4) is 0 Å². The molecule has 28 nitrogen and oxygen atoms in total. The number of likely N-dealkylation sites (tertiary alicyclic amines) is 4. The summed E-state index contributed by atoms with van der Waals surface area (Å²) in [6, 6.07) is 41.2. The molecule has 0 radical (unpaired) electrons. The van der Waals surface area contributed by atoms with Crippen molar-refractivity contribution in [2.75, 3.05) is 78.0 Å². The van der Waals surface area contributed by atoms with Gasteiger partial charge in [0.2, 0.25) is 0 Å². The zero-order chi connectivity index (χ0) is 96.8. The minimum Gasteiger partial charge on any atom is -0.378 e. The second-order valence-electron chi connectivity index (χ2n) is 36.5. The van der Waals surface area contributed by atoms with Crippen molar-refractivity contribution in [3.63, 3.8) is 0 Å². The van der Waals surface area contributed by atoms with E-state index in [0.29, 0.717) is 218 Å². The Morgan fingerprint density at radius 3 is 1.25 bits per heavy atom. The highest BCUT2D eigenvalue weighted by molar-refractivity contribution is 7.92. The van der Waals surface area contributed by atoms with Crippen LogP contribution in [-0.2, 0) is 19.7 Å². The first kappa shape index (κ1) is 97.6. The summed E-state index contributed by atoms with van der Waals surface area (Å²) in [6.45, 7) is 19.4. The number of nitrogens with two attached hydrogens (primary N) is 1. The van der Waals surface area contributed by atoms with E-state index in [4.69, 9.17) is 16.3 Å². The first-order valence-corrected chi connectivity index (χ1v) is 47.4. The Bertz CT molecular complexity index is 7050. The summed E-state index contributed by atoms with van der Waals surface area (Å²) in [7, 11) is -6.76. The third kappa shape index (κ3) is 23.2. The number of nitriles is 2. The molecule has 4 N–H and O–H groups in total. The van der Waals surface area contributed by atoms with Crippen molar-refractivity contribution in [1.82, 2.24) is 73.1 Å². The van der Waals surface area contributed by atoms with E-state index in [2.05, 4.69) is 82.9 Å². The van der Waals surface area contributed by atoms with E-state index in [0.717, 1.165) is 34.7 Å². The van der Waals surface area contributed by atoms with Crippen molar-refractivity contribution in [3.05, 3.63) is 227 Å². The number of halogens is 4. The SMILES string of the molecule is CC(C)(O)C#Cc1nc2cc(C(=O)N3CCC(C)(F)CC3)cnc2n1-c1ccc(C#N)cc1.CC1(F)CCN(C(=O)c2cnc3c(c2)cc(C#CC(C)(C)S(C)(=O)=O)n3-c2ccc(C#N)cc2)CC1.CC1(F)CCN(C(=O)c2cnc3c(ccn3-c3ccc(C#CC(C)(C)S(C)(=O)=O)nc3)c2)CC1.CC1(F)CCN(C(=O)c2cnc3c(ccn3-c3cccc(C(=O)NCCN)c3)c2)CC1. The van der Waals surface area contributed by atoms with Gasteiger partial charge in [-0.2, -0.15) is 10.5 Å². The van der Waals surface area contributed by atoms with Gasteiger partial charge < -0.3 is 40.3 Å². The summed E-state index contributed by atoms with van der Waals surface area (Å²) in [5.74, 6) is 16.6.